The van der Waals surface area contributed by atoms with Gasteiger partial charge in [-0.2, -0.15) is 0 Å². The van der Waals surface area contributed by atoms with Crippen molar-refractivity contribution in [2.24, 2.45) is 0 Å². The van der Waals surface area contributed by atoms with Crippen molar-refractivity contribution in [3.05, 3.63) is 30.1 Å². The van der Waals surface area contributed by atoms with Gasteiger partial charge >= 0.3 is 0 Å². The highest BCUT2D eigenvalue weighted by molar-refractivity contribution is 5.74. The number of aryl methyl sites for hydroxylation is 1. The number of rotatable bonds is 0. The summed E-state index contributed by atoms with van der Waals surface area (Å²) in [7, 11) is 0. The summed E-state index contributed by atoms with van der Waals surface area (Å²) in [4.78, 5) is 7.04. The molecule has 0 radical (unpaired) electrons. The average Bonchev–Trinajstić information content (AvgIpc) is 2.36. The minimum atomic E-state index is 0.546. The first-order chi connectivity index (χ1) is 5.27. The molecule has 0 saturated carbocycles. The van der Waals surface area contributed by atoms with E-state index >= 15 is 0 Å². The van der Waals surface area contributed by atoms with Gasteiger partial charge in [-0.15, -0.1) is 0 Å². The SMILES string of the molecule is [2H]c1cc2nc[nH]c2cc1C. The number of imidazole rings is 1. The number of H-pyrrole nitrogens is 1. The molecule has 0 fully saturated rings. The molecule has 1 heterocycles. The zero-order valence-electron chi connectivity index (χ0n) is 6.68. The van der Waals surface area contributed by atoms with E-state index in [1.807, 2.05) is 13.0 Å². The van der Waals surface area contributed by atoms with Crippen LogP contribution in [-0.2, 0) is 0 Å². The first-order valence-corrected chi connectivity index (χ1v) is 3.18. The first kappa shape index (κ1) is 4.50. The summed E-state index contributed by atoms with van der Waals surface area (Å²) in [5, 5.41) is 0. The van der Waals surface area contributed by atoms with Crippen LogP contribution in [0, 0.1) is 6.92 Å². The number of aromatic nitrogens is 2. The second kappa shape index (κ2) is 1.84. The van der Waals surface area contributed by atoms with Crippen molar-refractivity contribution in [3.8, 4) is 0 Å². The van der Waals surface area contributed by atoms with Crippen LogP contribution in [0.5, 0.6) is 0 Å². The number of benzene rings is 1. The lowest BCUT2D eigenvalue weighted by atomic mass is 10.2. The van der Waals surface area contributed by atoms with Gasteiger partial charge in [-0.25, -0.2) is 4.98 Å². The summed E-state index contributed by atoms with van der Waals surface area (Å²) in [6, 6.07) is 4.25. The third-order valence-corrected chi connectivity index (χ3v) is 1.50. The molecule has 0 aliphatic carbocycles. The van der Waals surface area contributed by atoms with Crippen LogP contribution in [0.2, 0.25) is 0 Å². The second-order valence-electron chi connectivity index (χ2n) is 2.32. The largest absolute Gasteiger partial charge is 0.345 e. The molecule has 1 aromatic carbocycles. The molecule has 0 amide bonds. The Morgan fingerprint density at radius 3 is 3.50 bits per heavy atom. The molecule has 0 atom stereocenters. The smallest absolute Gasteiger partial charge is 0.0931 e. The maximum Gasteiger partial charge on any atom is 0.0931 e. The maximum absolute atomic E-state index is 7.49. The van der Waals surface area contributed by atoms with Gasteiger partial charge in [0.1, 0.15) is 0 Å². The van der Waals surface area contributed by atoms with Crippen LogP contribution in [0.3, 0.4) is 0 Å². The lowest BCUT2D eigenvalue weighted by Gasteiger charge is -1.89. The van der Waals surface area contributed by atoms with Gasteiger partial charge in [-0.05, 0) is 24.6 Å². The number of nitrogens with one attached hydrogen (secondary N) is 1. The monoisotopic (exact) mass is 133 g/mol. The van der Waals surface area contributed by atoms with Crippen molar-refractivity contribution in [2.75, 3.05) is 0 Å². The lowest BCUT2D eigenvalue weighted by Crippen LogP contribution is -1.71. The fourth-order valence-corrected chi connectivity index (χ4v) is 0.986. The van der Waals surface area contributed by atoms with Crippen molar-refractivity contribution in [1.82, 2.24) is 9.97 Å². The molecule has 0 saturated heterocycles. The molecule has 0 aliphatic heterocycles. The van der Waals surface area contributed by atoms with E-state index in [1.54, 1.807) is 12.4 Å². The van der Waals surface area contributed by atoms with Crippen LogP contribution in [0.25, 0.3) is 11.0 Å². The van der Waals surface area contributed by atoms with Crippen LogP contribution >= 0.6 is 0 Å². The van der Waals surface area contributed by atoms with E-state index in [0.717, 1.165) is 16.6 Å². The summed E-state index contributed by atoms with van der Waals surface area (Å²) in [5.74, 6) is 0. The van der Waals surface area contributed by atoms with Gasteiger partial charge in [0.15, 0.2) is 0 Å². The Morgan fingerprint density at radius 2 is 2.60 bits per heavy atom. The topological polar surface area (TPSA) is 28.7 Å². The van der Waals surface area contributed by atoms with Crippen molar-refractivity contribution in [1.29, 1.82) is 0 Å². The van der Waals surface area contributed by atoms with E-state index < -0.39 is 0 Å². The molecule has 0 bridgehead atoms. The third-order valence-electron chi connectivity index (χ3n) is 1.50. The Labute approximate surface area is 60.3 Å². The van der Waals surface area contributed by atoms with Crippen molar-refractivity contribution in [3.63, 3.8) is 0 Å². The van der Waals surface area contributed by atoms with Crippen LogP contribution < -0.4 is 0 Å². The minimum Gasteiger partial charge on any atom is -0.345 e. The molecule has 2 nitrogen and oxygen atoms in total. The molecule has 1 aromatic heterocycles. The third kappa shape index (κ3) is 0.692. The molecular weight excluding hydrogens is 124 g/mol. The Bertz CT molecular complexity index is 356. The van der Waals surface area contributed by atoms with Crippen molar-refractivity contribution < 1.29 is 1.37 Å². The van der Waals surface area contributed by atoms with Crippen LogP contribution in [-0.4, -0.2) is 9.97 Å². The van der Waals surface area contributed by atoms with E-state index in [0.29, 0.717) is 6.04 Å². The van der Waals surface area contributed by atoms with E-state index in [1.165, 1.54) is 0 Å². The van der Waals surface area contributed by atoms with Gasteiger partial charge in [-0.1, -0.05) is 6.04 Å². The molecule has 0 aliphatic rings. The van der Waals surface area contributed by atoms with Crippen LogP contribution in [0.4, 0.5) is 0 Å². The van der Waals surface area contributed by atoms with Gasteiger partial charge in [0.2, 0.25) is 0 Å². The fourth-order valence-electron chi connectivity index (χ4n) is 0.986. The fraction of sp³-hybridized carbons (Fsp3) is 0.125. The molecule has 0 unspecified atom stereocenters. The summed E-state index contributed by atoms with van der Waals surface area (Å²) in [6.07, 6.45) is 1.64. The van der Waals surface area contributed by atoms with E-state index in [2.05, 4.69) is 9.97 Å². The quantitative estimate of drug-likeness (QED) is 0.584. The number of hydrogen-bond acceptors (Lipinski definition) is 1. The Morgan fingerprint density at radius 1 is 1.70 bits per heavy atom. The molecule has 10 heavy (non-hydrogen) atoms. The van der Waals surface area contributed by atoms with Gasteiger partial charge in [-0.3, -0.25) is 0 Å². The molecule has 1 N–H and O–H groups in total. The summed E-state index contributed by atoms with van der Waals surface area (Å²) in [6.45, 7) is 1.92. The second-order valence-corrected chi connectivity index (χ2v) is 2.32. The van der Waals surface area contributed by atoms with Crippen molar-refractivity contribution in [2.45, 2.75) is 6.92 Å². The summed E-state index contributed by atoms with van der Waals surface area (Å²) in [5.41, 5.74) is 2.83. The maximum atomic E-state index is 7.49. The number of fused-ring (bicyclic) bond motifs is 1. The van der Waals surface area contributed by atoms with Gasteiger partial charge in [0.05, 0.1) is 18.7 Å². The van der Waals surface area contributed by atoms with Crippen LogP contribution in [0.1, 0.15) is 6.93 Å². The number of hydrogen-bond donors (Lipinski definition) is 1. The summed E-state index contributed by atoms with van der Waals surface area (Å²) < 4.78 is 7.49. The predicted octanol–water partition coefficient (Wildman–Crippen LogP) is 1.87. The highest BCUT2D eigenvalue weighted by Crippen LogP contribution is 2.09. The molecule has 2 heteroatoms. The zero-order chi connectivity index (χ0) is 7.84. The Balaban J connectivity index is 2.86. The van der Waals surface area contributed by atoms with E-state index in [-0.39, 0.29) is 0 Å². The normalized spacial score (nSPS) is 11.9. The van der Waals surface area contributed by atoms with Gasteiger partial charge < -0.3 is 4.98 Å². The molecular formula is C8H8N2. The number of nitrogens with zero attached hydrogens (tertiary/aromatic N) is 1. The minimum absolute atomic E-state index is 0.546. The summed E-state index contributed by atoms with van der Waals surface area (Å²) >= 11 is 0. The average molecular weight is 133 g/mol. The lowest BCUT2D eigenvalue weighted by molar-refractivity contribution is 1.34. The molecule has 0 spiro atoms. The highest BCUT2D eigenvalue weighted by atomic mass is 14.9. The van der Waals surface area contributed by atoms with Gasteiger partial charge in [0, 0.05) is 0 Å². The van der Waals surface area contributed by atoms with Crippen molar-refractivity contribution >= 4 is 11.0 Å². The standard InChI is InChI=1S/C8H8N2/c1-6-2-3-7-8(4-6)10-5-9-7/h2-5H,1H3,(H,9,10)/i2D. The van der Waals surface area contributed by atoms with E-state index in [9.17, 15) is 0 Å². The molecule has 2 rings (SSSR count). The molecule has 50 valence electrons. The predicted molar refractivity (Wildman–Crippen MR) is 40.8 cm³/mol. The zero-order valence-corrected chi connectivity index (χ0v) is 5.68. The Kier molecular flexibility index (Phi) is 0.826. The van der Waals surface area contributed by atoms with E-state index in [4.69, 9.17) is 1.37 Å². The highest BCUT2D eigenvalue weighted by Gasteiger charge is 1.92. The first-order valence-electron chi connectivity index (χ1n) is 3.68. The van der Waals surface area contributed by atoms with Gasteiger partial charge in [0.25, 0.3) is 0 Å². The molecule has 2 aromatic rings. The number of aromatic amines is 1. The Hall–Kier alpha value is -1.31. The van der Waals surface area contributed by atoms with Crippen LogP contribution in [0.15, 0.2) is 24.5 Å².